The molecule has 1 atom stereocenters. The van der Waals surface area contributed by atoms with Gasteiger partial charge in [0.2, 0.25) is 0 Å². The SMILES string of the molecule is Cc1nnc(NCC(C)c2ccccc2)c2ccccc12. The van der Waals surface area contributed by atoms with E-state index in [1.807, 2.05) is 25.1 Å². The average Bonchev–Trinajstić information content (AvgIpc) is 2.55. The number of benzene rings is 2. The van der Waals surface area contributed by atoms with E-state index >= 15 is 0 Å². The Balaban J connectivity index is 1.81. The Morgan fingerprint density at radius 2 is 1.57 bits per heavy atom. The molecule has 0 aliphatic carbocycles. The van der Waals surface area contributed by atoms with Crippen LogP contribution in [-0.4, -0.2) is 16.7 Å². The minimum Gasteiger partial charge on any atom is -0.367 e. The van der Waals surface area contributed by atoms with E-state index in [4.69, 9.17) is 0 Å². The maximum absolute atomic E-state index is 4.31. The van der Waals surface area contributed by atoms with Gasteiger partial charge in [-0.15, -0.1) is 5.10 Å². The molecule has 1 N–H and O–H groups in total. The van der Waals surface area contributed by atoms with Crippen molar-refractivity contribution in [3.63, 3.8) is 0 Å². The summed E-state index contributed by atoms with van der Waals surface area (Å²) in [7, 11) is 0. The number of aromatic nitrogens is 2. The molecule has 3 aromatic rings. The molecule has 0 fully saturated rings. The monoisotopic (exact) mass is 277 g/mol. The van der Waals surface area contributed by atoms with E-state index in [1.54, 1.807) is 0 Å². The predicted octanol–water partition coefficient (Wildman–Crippen LogP) is 4.15. The molecule has 1 unspecified atom stereocenters. The van der Waals surface area contributed by atoms with Crippen molar-refractivity contribution in [2.75, 3.05) is 11.9 Å². The molecule has 0 aliphatic rings. The Labute approximate surface area is 125 Å². The van der Waals surface area contributed by atoms with Gasteiger partial charge in [0.15, 0.2) is 5.82 Å². The van der Waals surface area contributed by atoms with Crippen molar-refractivity contribution in [1.29, 1.82) is 0 Å². The molecule has 0 aliphatic heterocycles. The van der Waals surface area contributed by atoms with Crippen LogP contribution in [-0.2, 0) is 0 Å². The molecule has 0 bridgehead atoms. The highest BCUT2D eigenvalue weighted by Crippen LogP contribution is 2.23. The second-order valence-electron chi connectivity index (χ2n) is 5.37. The van der Waals surface area contributed by atoms with Crippen LogP contribution in [0.15, 0.2) is 54.6 Å². The highest BCUT2D eigenvalue weighted by Gasteiger charge is 2.08. The summed E-state index contributed by atoms with van der Waals surface area (Å²) in [5, 5.41) is 14.3. The van der Waals surface area contributed by atoms with Crippen LogP contribution in [0.3, 0.4) is 0 Å². The van der Waals surface area contributed by atoms with Crippen LogP contribution >= 0.6 is 0 Å². The molecular formula is C18H19N3. The molecule has 21 heavy (non-hydrogen) atoms. The molecular weight excluding hydrogens is 258 g/mol. The molecule has 0 saturated carbocycles. The Morgan fingerprint density at radius 1 is 0.905 bits per heavy atom. The number of nitrogens with one attached hydrogen (secondary N) is 1. The zero-order chi connectivity index (χ0) is 14.7. The summed E-state index contributed by atoms with van der Waals surface area (Å²) < 4.78 is 0. The van der Waals surface area contributed by atoms with Crippen LogP contribution in [0, 0.1) is 6.92 Å². The summed E-state index contributed by atoms with van der Waals surface area (Å²) in [5.41, 5.74) is 2.29. The maximum atomic E-state index is 4.31. The zero-order valence-corrected chi connectivity index (χ0v) is 12.4. The van der Waals surface area contributed by atoms with Gasteiger partial charge in [0.1, 0.15) is 0 Å². The topological polar surface area (TPSA) is 37.8 Å². The number of aryl methyl sites for hydroxylation is 1. The quantitative estimate of drug-likeness (QED) is 0.778. The third-order valence-electron chi connectivity index (χ3n) is 3.82. The Morgan fingerprint density at radius 3 is 2.33 bits per heavy atom. The van der Waals surface area contributed by atoms with Gasteiger partial charge in [-0.3, -0.25) is 0 Å². The van der Waals surface area contributed by atoms with Gasteiger partial charge in [-0.1, -0.05) is 61.5 Å². The van der Waals surface area contributed by atoms with Gasteiger partial charge in [-0.05, 0) is 18.4 Å². The second-order valence-corrected chi connectivity index (χ2v) is 5.37. The first-order valence-corrected chi connectivity index (χ1v) is 7.26. The van der Waals surface area contributed by atoms with Crippen LogP contribution in [0.1, 0.15) is 24.1 Å². The Kier molecular flexibility index (Phi) is 3.82. The molecule has 1 heterocycles. The van der Waals surface area contributed by atoms with Crippen molar-refractivity contribution >= 4 is 16.6 Å². The van der Waals surface area contributed by atoms with E-state index in [-0.39, 0.29) is 0 Å². The number of hydrogen-bond acceptors (Lipinski definition) is 3. The van der Waals surface area contributed by atoms with E-state index in [1.165, 1.54) is 5.56 Å². The lowest BCUT2D eigenvalue weighted by molar-refractivity contribution is 0.798. The predicted molar refractivity (Wildman–Crippen MR) is 87.6 cm³/mol. The number of anilines is 1. The lowest BCUT2D eigenvalue weighted by atomic mass is 10.0. The Hall–Kier alpha value is -2.42. The summed E-state index contributed by atoms with van der Waals surface area (Å²) in [6.07, 6.45) is 0. The largest absolute Gasteiger partial charge is 0.367 e. The molecule has 1 aromatic heterocycles. The van der Waals surface area contributed by atoms with E-state index in [2.05, 4.69) is 58.8 Å². The van der Waals surface area contributed by atoms with Crippen molar-refractivity contribution in [1.82, 2.24) is 10.2 Å². The van der Waals surface area contributed by atoms with Crippen LogP contribution in [0.25, 0.3) is 10.8 Å². The third kappa shape index (κ3) is 2.87. The standard InChI is InChI=1S/C18H19N3/c1-13(15-8-4-3-5-9-15)12-19-18-17-11-7-6-10-16(17)14(2)20-21-18/h3-11,13H,12H2,1-2H3,(H,19,21). The zero-order valence-electron chi connectivity index (χ0n) is 12.4. The molecule has 3 heteroatoms. The highest BCUT2D eigenvalue weighted by molar-refractivity contribution is 5.92. The van der Waals surface area contributed by atoms with Crippen molar-refractivity contribution < 1.29 is 0 Å². The maximum Gasteiger partial charge on any atom is 0.156 e. The fourth-order valence-electron chi connectivity index (χ4n) is 2.52. The van der Waals surface area contributed by atoms with Gasteiger partial charge >= 0.3 is 0 Å². The number of fused-ring (bicyclic) bond motifs is 1. The Bertz CT molecular complexity index is 738. The first-order chi connectivity index (χ1) is 10.3. The second kappa shape index (κ2) is 5.92. The van der Waals surface area contributed by atoms with E-state index in [0.717, 1.165) is 28.8 Å². The molecule has 106 valence electrons. The van der Waals surface area contributed by atoms with Crippen molar-refractivity contribution in [3.8, 4) is 0 Å². The molecule has 0 amide bonds. The average molecular weight is 277 g/mol. The fraction of sp³-hybridized carbons (Fsp3) is 0.222. The summed E-state index contributed by atoms with van der Waals surface area (Å²) in [6, 6.07) is 18.8. The summed E-state index contributed by atoms with van der Waals surface area (Å²) in [4.78, 5) is 0. The van der Waals surface area contributed by atoms with Crippen LogP contribution in [0.2, 0.25) is 0 Å². The lowest BCUT2D eigenvalue weighted by Crippen LogP contribution is -2.11. The van der Waals surface area contributed by atoms with Crippen LogP contribution < -0.4 is 5.32 Å². The number of nitrogens with zero attached hydrogens (tertiary/aromatic N) is 2. The molecule has 3 nitrogen and oxygen atoms in total. The molecule has 2 aromatic carbocycles. The van der Waals surface area contributed by atoms with Gasteiger partial charge in [0.05, 0.1) is 5.69 Å². The first kappa shape index (κ1) is 13.6. The van der Waals surface area contributed by atoms with Crippen molar-refractivity contribution in [2.45, 2.75) is 19.8 Å². The van der Waals surface area contributed by atoms with Crippen LogP contribution in [0.4, 0.5) is 5.82 Å². The van der Waals surface area contributed by atoms with Gasteiger partial charge in [0.25, 0.3) is 0 Å². The highest BCUT2D eigenvalue weighted by atomic mass is 15.2. The van der Waals surface area contributed by atoms with Crippen LogP contribution in [0.5, 0.6) is 0 Å². The van der Waals surface area contributed by atoms with E-state index in [9.17, 15) is 0 Å². The summed E-state index contributed by atoms with van der Waals surface area (Å²) in [5.74, 6) is 1.28. The molecule has 0 radical (unpaired) electrons. The number of hydrogen-bond donors (Lipinski definition) is 1. The van der Waals surface area contributed by atoms with Crippen molar-refractivity contribution in [3.05, 3.63) is 65.9 Å². The fourth-order valence-corrected chi connectivity index (χ4v) is 2.52. The van der Waals surface area contributed by atoms with Gasteiger partial charge in [-0.25, -0.2) is 0 Å². The minimum absolute atomic E-state index is 0.424. The first-order valence-electron chi connectivity index (χ1n) is 7.26. The van der Waals surface area contributed by atoms with E-state index in [0.29, 0.717) is 5.92 Å². The van der Waals surface area contributed by atoms with Gasteiger partial charge in [0, 0.05) is 17.3 Å². The summed E-state index contributed by atoms with van der Waals surface area (Å²) in [6.45, 7) is 5.05. The smallest absolute Gasteiger partial charge is 0.156 e. The molecule has 0 saturated heterocycles. The number of rotatable bonds is 4. The molecule has 0 spiro atoms. The lowest BCUT2D eigenvalue weighted by Gasteiger charge is -2.14. The van der Waals surface area contributed by atoms with Crippen molar-refractivity contribution in [2.24, 2.45) is 0 Å². The minimum atomic E-state index is 0.424. The van der Waals surface area contributed by atoms with Gasteiger partial charge in [-0.2, -0.15) is 5.10 Å². The summed E-state index contributed by atoms with van der Waals surface area (Å²) >= 11 is 0. The normalized spacial score (nSPS) is 12.3. The van der Waals surface area contributed by atoms with E-state index < -0.39 is 0 Å². The van der Waals surface area contributed by atoms with Gasteiger partial charge < -0.3 is 5.32 Å². The third-order valence-corrected chi connectivity index (χ3v) is 3.82. The molecule has 3 rings (SSSR count).